The largest absolute Gasteiger partial charge is 0.0901 e. The SMILES string of the molecule is CCCCCCc1ccc(C=Cc2ccc(Sc3ccc(C=Cc4ccc(CCCCCC)cc4)cc3)cc2)cc1. The first-order valence-corrected chi connectivity index (χ1v) is 16.5. The molecule has 0 fully saturated rings. The van der Waals surface area contributed by atoms with Gasteiger partial charge in [0.05, 0.1) is 0 Å². The summed E-state index contributed by atoms with van der Waals surface area (Å²) in [6.45, 7) is 4.53. The van der Waals surface area contributed by atoms with Crippen LogP contribution in [0, 0.1) is 0 Å². The summed E-state index contributed by atoms with van der Waals surface area (Å²) in [5.41, 5.74) is 7.85. The second-order valence-electron chi connectivity index (χ2n) is 11.0. The summed E-state index contributed by atoms with van der Waals surface area (Å²) in [5, 5.41) is 0. The summed E-state index contributed by atoms with van der Waals surface area (Å²) in [6, 6.07) is 35.7. The van der Waals surface area contributed by atoms with Crippen LogP contribution in [0.4, 0.5) is 0 Å². The van der Waals surface area contributed by atoms with Crippen molar-refractivity contribution in [2.75, 3.05) is 0 Å². The highest BCUT2D eigenvalue weighted by atomic mass is 32.2. The van der Waals surface area contributed by atoms with Gasteiger partial charge in [-0.2, -0.15) is 0 Å². The predicted octanol–water partition coefficient (Wildman–Crippen LogP) is 12.4. The third-order valence-electron chi connectivity index (χ3n) is 7.53. The molecule has 0 aliphatic heterocycles. The van der Waals surface area contributed by atoms with Gasteiger partial charge in [0.25, 0.3) is 0 Å². The first kappa shape index (κ1) is 30.7. The standard InChI is InChI=1S/C40H46S/c1-3-5-7-9-11-33-13-17-35(18-14-33)21-23-37-25-29-39(30-26-37)41-40-31-27-38(28-32-40)24-22-36-19-15-34(16-20-36)12-10-8-6-4-2/h13-32H,3-12H2,1-2H3. The smallest absolute Gasteiger partial charge is 0.0122 e. The topological polar surface area (TPSA) is 0 Å². The number of hydrogen-bond acceptors (Lipinski definition) is 1. The summed E-state index contributed by atoms with van der Waals surface area (Å²) in [4.78, 5) is 2.51. The highest BCUT2D eigenvalue weighted by Gasteiger charge is 1.99. The minimum Gasteiger partial charge on any atom is -0.0901 e. The van der Waals surface area contributed by atoms with Gasteiger partial charge in [-0.25, -0.2) is 0 Å². The minimum absolute atomic E-state index is 1.19. The van der Waals surface area contributed by atoms with Gasteiger partial charge in [0, 0.05) is 9.79 Å². The fourth-order valence-corrected chi connectivity index (χ4v) is 5.73. The average Bonchev–Trinajstić information content (AvgIpc) is 3.02. The Bertz CT molecular complexity index is 1220. The molecule has 0 N–H and O–H groups in total. The summed E-state index contributed by atoms with van der Waals surface area (Å²) in [6.07, 6.45) is 21.7. The molecule has 0 aliphatic rings. The molecule has 212 valence electrons. The van der Waals surface area contributed by atoms with E-state index in [1.54, 1.807) is 0 Å². The Balaban J connectivity index is 1.23. The van der Waals surface area contributed by atoms with Crippen molar-refractivity contribution in [2.45, 2.75) is 87.8 Å². The molecule has 4 aromatic carbocycles. The first-order chi connectivity index (χ1) is 20.2. The Hall–Kier alpha value is -3.29. The number of hydrogen-bond donors (Lipinski definition) is 0. The molecule has 0 atom stereocenters. The van der Waals surface area contributed by atoms with Crippen molar-refractivity contribution in [3.63, 3.8) is 0 Å². The van der Waals surface area contributed by atoms with Crippen molar-refractivity contribution in [2.24, 2.45) is 0 Å². The molecule has 0 aliphatic carbocycles. The van der Waals surface area contributed by atoms with Crippen molar-refractivity contribution in [1.29, 1.82) is 0 Å². The van der Waals surface area contributed by atoms with Gasteiger partial charge in [-0.05, 0) is 83.3 Å². The van der Waals surface area contributed by atoms with Crippen molar-refractivity contribution >= 4 is 36.1 Å². The lowest BCUT2D eigenvalue weighted by atomic mass is 10.0. The summed E-state index contributed by atoms with van der Waals surface area (Å²) in [5.74, 6) is 0. The van der Waals surface area contributed by atoms with Crippen LogP contribution in [0.3, 0.4) is 0 Å². The van der Waals surface area contributed by atoms with E-state index in [1.165, 1.54) is 107 Å². The lowest BCUT2D eigenvalue weighted by Crippen LogP contribution is -1.86. The maximum atomic E-state index is 2.28. The summed E-state index contributed by atoms with van der Waals surface area (Å²) < 4.78 is 0. The van der Waals surface area contributed by atoms with Crippen molar-refractivity contribution in [1.82, 2.24) is 0 Å². The Morgan fingerprint density at radius 2 is 0.707 bits per heavy atom. The van der Waals surface area contributed by atoms with Gasteiger partial charge in [0.2, 0.25) is 0 Å². The zero-order valence-corrected chi connectivity index (χ0v) is 25.8. The van der Waals surface area contributed by atoms with Crippen LogP contribution in [0.25, 0.3) is 24.3 Å². The van der Waals surface area contributed by atoms with Gasteiger partial charge >= 0.3 is 0 Å². The fourth-order valence-electron chi connectivity index (χ4n) is 4.92. The molecular weight excluding hydrogens is 513 g/mol. The van der Waals surface area contributed by atoms with E-state index in [0.717, 1.165) is 0 Å². The van der Waals surface area contributed by atoms with Gasteiger partial charge in [0.1, 0.15) is 0 Å². The number of benzene rings is 4. The summed E-state index contributed by atoms with van der Waals surface area (Å²) in [7, 11) is 0. The molecule has 1 heteroatoms. The lowest BCUT2D eigenvalue weighted by molar-refractivity contribution is 0.667. The second kappa shape index (κ2) is 17.5. The minimum atomic E-state index is 1.19. The molecule has 0 nitrogen and oxygen atoms in total. The number of unbranched alkanes of at least 4 members (excludes halogenated alkanes) is 6. The van der Waals surface area contributed by atoms with Gasteiger partial charge in [0.15, 0.2) is 0 Å². The Morgan fingerprint density at radius 1 is 0.390 bits per heavy atom. The Labute approximate surface area is 253 Å². The lowest BCUT2D eigenvalue weighted by Gasteiger charge is -2.04. The van der Waals surface area contributed by atoms with Crippen molar-refractivity contribution in [3.05, 3.63) is 130 Å². The fraction of sp³-hybridized carbons (Fsp3) is 0.300. The van der Waals surface area contributed by atoms with Gasteiger partial charge in [-0.3, -0.25) is 0 Å². The number of aryl methyl sites for hydroxylation is 2. The molecule has 0 unspecified atom stereocenters. The van der Waals surface area contributed by atoms with Crippen LogP contribution >= 0.6 is 11.8 Å². The third kappa shape index (κ3) is 11.2. The molecule has 0 bridgehead atoms. The highest BCUT2D eigenvalue weighted by Crippen LogP contribution is 2.28. The van der Waals surface area contributed by atoms with Crippen LogP contribution in [-0.4, -0.2) is 0 Å². The summed E-state index contributed by atoms with van der Waals surface area (Å²) >= 11 is 1.81. The molecule has 0 heterocycles. The van der Waals surface area contributed by atoms with E-state index in [9.17, 15) is 0 Å². The third-order valence-corrected chi connectivity index (χ3v) is 8.55. The van der Waals surface area contributed by atoms with Crippen LogP contribution in [0.5, 0.6) is 0 Å². The zero-order valence-electron chi connectivity index (χ0n) is 25.0. The molecule has 0 spiro atoms. The van der Waals surface area contributed by atoms with E-state index in [4.69, 9.17) is 0 Å². The highest BCUT2D eigenvalue weighted by molar-refractivity contribution is 7.99. The van der Waals surface area contributed by atoms with Crippen LogP contribution in [0.15, 0.2) is 107 Å². The van der Waals surface area contributed by atoms with E-state index in [-0.39, 0.29) is 0 Å². The first-order valence-electron chi connectivity index (χ1n) is 15.6. The molecule has 4 rings (SSSR count). The molecule has 4 aromatic rings. The molecule has 0 amide bonds. The molecule has 41 heavy (non-hydrogen) atoms. The quantitative estimate of drug-likeness (QED) is 0.0973. The van der Waals surface area contributed by atoms with Gasteiger partial charge in [-0.15, -0.1) is 0 Å². The van der Waals surface area contributed by atoms with Crippen molar-refractivity contribution < 1.29 is 0 Å². The van der Waals surface area contributed by atoms with E-state index in [1.807, 2.05) is 11.8 Å². The maximum absolute atomic E-state index is 2.28. The Kier molecular flexibility index (Phi) is 13.1. The van der Waals surface area contributed by atoms with Gasteiger partial charge in [-0.1, -0.05) is 161 Å². The van der Waals surface area contributed by atoms with E-state index in [2.05, 4.69) is 135 Å². The molecule has 0 saturated heterocycles. The predicted molar refractivity (Wildman–Crippen MR) is 183 cm³/mol. The number of rotatable bonds is 16. The van der Waals surface area contributed by atoms with E-state index >= 15 is 0 Å². The molecular formula is C40H46S. The van der Waals surface area contributed by atoms with Crippen LogP contribution in [-0.2, 0) is 12.8 Å². The van der Waals surface area contributed by atoms with E-state index in [0.29, 0.717) is 0 Å². The zero-order chi connectivity index (χ0) is 28.5. The van der Waals surface area contributed by atoms with Crippen LogP contribution < -0.4 is 0 Å². The van der Waals surface area contributed by atoms with Crippen LogP contribution in [0.2, 0.25) is 0 Å². The van der Waals surface area contributed by atoms with E-state index < -0.39 is 0 Å². The maximum Gasteiger partial charge on any atom is 0.0122 e. The molecule has 0 saturated carbocycles. The second-order valence-corrected chi connectivity index (χ2v) is 12.2. The molecule has 0 aromatic heterocycles. The van der Waals surface area contributed by atoms with Crippen LogP contribution in [0.1, 0.15) is 98.6 Å². The van der Waals surface area contributed by atoms with Crippen molar-refractivity contribution in [3.8, 4) is 0 Å². The Morgan fingerprint density at radius 3 is 1.02 bits per heavy atom. The monoisotopic (exact) mass is 558 g/mol. The average molecular weight is 559 g/mol. The van der Waals surface area contributed by atoms with Gasteiger partial charge < -0.3 is 0 Å². The normalized spacial score (nSPS) is 11.6. The molecule has 0 radical (unpaired) electrons.